The number of amides is 2. The standard InChI is InChI=1S/C22H25ClN6O2/c1-3-29-19-18(8-5-11-24-19)26-20(21(29)30)28-12-9-15(10-13-28)25-22(31)27-17-7-4-6-16(23)14(17)2/h4-8,11,15H,3,9-10,12-13H2,1-2H3,(H2,25,27,31). The van der Waals surface area contributed by atoms with Gasteiger partial charge in [0.15, 0.2) is 11.5 Å². The predicted octanol–water partition coefficient (Wildman–Crippen LogP) is 3.56. The highest BCUT2D eigenvalue weighted by Gasteiger charge is 2.24. The van der Waals surface area contributed by atoms with Gasteiger partial charge < -0.3 is 15.5 Å². The van der Waals surface area contributed by atoms with Crippen LogP contribution in [0.25, 0.3) is 11.2 Å². The number of fused-ring (bicyclic) bond motifs is 1. The minimum absolute atomic E-state index is 0.0197. The Morgan fingerprint density at radius 1 is 1.23 bits per heavy atom. The molecule has 1 saturated heterocycles. The molecule has 162 valence electrons. The number of anilines is 2. The van der Waals surface area contributed by atoms with Crippen LogP contribution in [-0.4, -0.2) is 39.7 Å². The van der Waals surface area contributed by atoms with E-state index in [9.17, 15) is 9.59 Å². The summed E-state index contributed by atoms with van der Waals surface area (Å²) in [4.78, 5) is 36.3. The first kappa shape index (κ1) is 21.1. The summed E-state index contributed by atoms with van der Waals surface area (Å²) in [6.45, 7) is 5.60. The Morgan fingerprint density at radius 2 is 2.00 bits per heavy atom. The Hall–Kier alpha value is -3.13. The van der Waals surface area contributed by atoms with E-state index in [1.807, 2.05) is 36.9 Å². The van der Waals surface area contributed by atoms with Gasteiger partial charge in [0.25, 0.3) is 5.56 Å². The van der Waals surface area contributed by atoms with E-state index in [2.05, 4.69) is 20.6 Å². The first-order valence-corrected chi connectivity index (χ1v) is 10.8. The van der Waals surface area contributed by atoms with Gasteiger partial charge in [-0.2, -0.15) is 0 Å². The highest BCUT2D eigenvalue weighted by Crippen LogP contribution is 2.23. The molecule has 2 aromatic heterocycles. The fraction of sp³-hybridized carbons (Fsp3) is 0.364. The van der Waals surface area contributed by atoms with Crippen molar-refractivity contribution in [2.45, 2.75) is 39.3 Å². The number of hydrogen-bond acceptors (Lipinski definition) is 5. The molecule has 9 heteroatoms. The van der Waals surface area contributed by atoms with Gasteiger partial charge in [0.2, 0.25) is 0 Å². The molecule has 4 rings (SSSR count). The Morgan fingerprint density at radius 3 is 2.74 bits per heavy atom. The number of rotatable bonds is 4. The van der Waals surface area contributed by atoms with Gasteiger partial charge in [-0.3, -0.25) is 9.36 Å². The molecular formula is C22H25ClN6O2. The van der Waals surface area contributed by atoms with Crippen LogP contribution >= 0.6 is 11.6 Å². The van der Waals surface area contributed by atoms with E-state index in [0.29, 0.717) is 47.3 Å². The average molecular weight is 441 g/mol. The minimum atomic E-state index is -0.257. The molecule has 8 nitrogen and oxygen atoms in total. The number of benzene rings is 1. The molecule has 2 amide bonds. The zero-order chi connectivity index (χ0) is 22.0. The van der Waals surface area contributed by atoms with Crippen molar-refractivity contribution in [3.63, 3.8) is 0 Å². The van der Waals surface area contributed by atoms with Gasteiger partial charge in [-0.15, -0.1) is 0 Å². The maximum absolute atomic E-state index is 13.0. The second-order valence-electron chi connectivity index (χ2n) is 7.60. The van der Waals surface area contributed by atoms with Crippen LogP contribution in [0.4, 0.5) is 16.3 Å². The third kappa shape index (κ3) is 4.34. The maximum atomic E-state index is 13.0. The van der Waals surface area contributed by atoms with Crippen LogP contribution in [0.3, 0.4) is 0 Å². The molecule has 0 spiro atoms. The second-order valence-corrected chi connectivity index (χ2v) is 8.01. The van der Waals surface area contributed by atoms with Crippen molar-refractivity contribution in [3.8, 4) is 0 Å². The molecule has 1 aliphatic rings. The summed E-state index contributed by atoms with van der Waals surface area (Å²) >= 11 is 6.12. The molecule has 2 N–H and O–H groups in total. The summed E-state index contributed by atoms with van der Waals surface area (Å²) < 4.78 is 1.66. The van der Waals surface area contributed by atoms with E-state index in [1.54, 1.807) is 22.9 Å². The third-order valence-electron chi connectivity index (χ3n) is 5.65. The summed E-state index contributed by atoms with van der Waals surface area (Å²) in [6, 6.07) is 8.87. The van der Waals surface area contributed by atoms with E-state index < -0.39 is 0 Å². The monoisotopic (exact) mass is 440 g/mol. The fourth-order valence-corrected chi connectivity index (χ4v) is 4.06. The molecule has 0 bridgehead atoms. The molecule has 0 radical (unpaired) electrons. The SMILES string of the molecule is CCn1c(=O)c(N2CCC(NC(=O)Nc3cccc(Cl)c3C)CC2)nc2cccnc21. The van der Waals surface area contributed by atoms with E-state index in [-0.39, 0.29) is 17.6 Å². The van der Waals surface area contributed by atoms with E-state index in [4.69, 9.17) is 11.6 Å². The van der Waals surface area contributed by atoms with Crippen LogP contribution in [-0.2, 0) is 6.54 Å². The number of carbonyl (C=O) groups excluding carboxylic acids is 1. The summed E-state index contributed by atoms with van der Waals surface area (Å²) in [5.74, 6) is 0.444. The van der Waals surface area contributed by atoms with Crippen molar-refractivity contribution in [2.75, 3.05) is 23.3 Å². The second kappa shape index (κ2) is 8.93. The zero-order valence-corrected chi connectivity index (χ0v) is 18.3. The molecule has 1 aliphatic heterocycles. The number of aryl methyl sites for hydroxylation is 1. The predicted molar refractivity (Wildman–Crippen MR) is 123 cm³/mol. The Kier molecular flexibility index (Phi) is 6.08. The molecule has 3 heterocycles. The summed E-state index contributed by atoms with van der Waals surface area (Å²) in [5.41, 5.74) is 2.70. The van der Waals surface area contributed by atoms with Gasteiger partial charge in [-0.1, -0.05) is 17.7 Å². The Balaban J connectivity index is 1.42. The quantitative estimate of drug-likeness (QED) is 0.647. The number of hydrogen-bond donors (Lipinski definition) is 2. The molecule has 0 unspecified atom stereocenters. The van der Waals surface area contributed by atoms with Gasteiger partial charge >= 0.3 is 6.03 Å². The van der Waals surface area contributed by atoms with Crippen LogP contribution in [0.2, 0.25) is 5.02 Å². The van der Waals surface area contributed by atoms with Gasteiger partial charge in [0, 0.05) is 42.6 Å². The van der Waals surface area contributed by atoms with Gasteiger partial charge in [0.05, 0.1) is 0 Å². The number of carbonyl (C=O) groups is 1. The summed E-state index contributed by atoms with van der Waals surface area (Å²) in [6.07, 6.45) is 3.11. The smallest absolute Gasteiger partial charge is 0.319 e. The number of aromatic nitrogens is 3. The molecule has 0 saturated carbocycles. The lowest BCUT2D eigenvalue weighted by Crippen LogP contribution is -2.47. The highest BCUT2D eigenvalue weighted by atomic mass is 35.5. The van der Waals surface area contributed by atoms with Crippen LogP contribution in [0.5, 0.6) is 0 Å². The maximum Gasteiger partial charge on any atom is 0.319 e. The lowest BCUT2D eigenvalue weighted by molar-refractivity contribution is 0.246. The lowest BCUT2D eigenvalue weighted by Gasteiger charge is -2.33. The van der Waals surface area contributed by atoms with Gasteiger partial charge in [-0.25, -0.2) is 14.8 Å². The first-order chi connectivity index (χ1) is 15.0. The molecular weight excluding hydrogens is 416 g/mol. The number of nitrogens with one attached hydrogen (secondary N) is 2. The molecule has 1 aromatic carbocycles. The van der Waals surface area contributed by atoms with Crippen LogP contribution in [0.15, 0.2) is 41.3 Å². The van der Waals surface area contributed by atoms with E-state index in [1.165, 1.54) is 0 Å². The fourth-order valence-electron chi connectivity index (χ4n) is 3.88. The lowest BCUT2D eigenvalue weighted by atomic mass is 10.1. The van der Waals surface area contributed by atoms with Crippen LogP contribution in [0.1, 0.15) is 25.3 Å². The van der Waals surface area contributed by atoms with Crippen molar-refractivity contribution in [1.82, 2.24) is 19.9 Å². The molecule has 3 aromatic rings. The van der Waals surface area contributed by atoms with Crippen molar-refractivity contribution >= 4 is 40.3 Å². The van der Waals surface area contributed by atoms with Gasteiger partial charge in [-0.05, 0) is 56.5 Å². The summed E-state index contributed by atoms with van der Waals surface area (Å²) in [7, 11) is 0. The highest BCUT2D eigenvalue weighted by molar-refractivity contribution is 6.31. The molecule has 0 atom stereocenters. The molecule has 31 heavy (non-hydrogen) atoms. The van der Waals surface area contributed by atoms with E-state index in [0.717, 1.165) is 18.4 Å². The normalized spacial score (nSPS) is 14.6. The van der Waals surface area contributed by atoms with Crippen LogP contribution < -0.4 is 21.1 Å². The topological polar surface area (TPSA) is 92.2 Å². The van der Waals surface area contributed by atoms with Crippen molar-refractivity contribution in [1.29, 1.82) is 0 Å². The Labute approximate surface area is 185 Å². The minimum Gasteiger partial charge on any atom is -0.352 e. The molecule has 1 fully saturated rings. The number of nitrogens with zero attached hydrogens (tertiary/aromatic N) is 4. The van der Waals surface area contributed by atoms with Crippen molar-refractivity contribution < 1.29 is 4.79 Å². The molecule has 0 aliphatic carbocycles. The number of halogens is 1. The largest absolute Gasteiger partial charge is 0.352 e. The first-order valence-electron chi connectivity index (χ1n) is 10.4. The Bertz CT molecular complexity index is 1170. The number of pyridine rings is 1. The summed E-state index contributed by atoms with van der Waals surface area (Å²) in [5, 5.41) is 6.50. The zero-order valence-electron chi connectivity index (χ0n) is 17.6. The van der Waals surface area contributed by atoms with Crippen LogP contribution in [0, 0.1) is 6.92 Å². The van der Waals surface area contributed by atoms with Crippen molar-refractivity contribution in [2.24, 2.45) is 0 Å². The average Bonchev–Trinajstić information content (AvgIpc) is 2.77. The van der Waals surface area contributed by atoms with Crippen molar-refractivity contribution in [3.05, 3.63) is 57.5 Å². The van der Waals surface area contributed by atoms with Gasteiger partial charge in [0.1, 0.15) is 5.52 Å². The number of piperidine rings is 1. The third-order valence-corrected chi connectivity index (χ3v) is 6.06. The van der Waals surface area contributed by atoms with E-state index >= 15 is 0 Å². The number of urea groups is 1.